The molecule has 0 aliphatic carbocycles. The summed E-state index contributed by atoms with van der Waals surface area (Å²) in [5, 5.41) is 4.25. The third kappa shape index (κ3) is 3.60. The molecule has 0 bridgehead atoms. The van der Waals surface area contributed by atoms with Crippen molar-refractivity contribution in [1.29, 1.82) is 0 Å². The summed E-state index contributed by atoms with van der Waals surface area (Å²) in [6, 6.07) is 4.62. The Morgan fingerprint density at radius 2 is 1.65 bits per heavy atom. The van der Waals surface area contributed by atoms with Gasteiger partial charge in [0.1, 0.15) is 0 Å². The standard InChI is InChI=1S/C11H13F3N4O2/c1-10(16,11(12,13)14)8(19)17-6-3-2-4-7(5-6)18-9(15)20/h2-5H,16H2,1H3,(H,17,19)(H3,15,18,20). The maximum atomic E-state index is 12.6. The van der Waals surface area contributed by atoms with E-state index in [2.05, 4.69) is 5.32 Å². The molecule has 0 saturated heterocycles. The second kappa shape index (κ2) is 5.37. The zero-order valence-corrected chi connectivity index (χ0v) is 10.4. The lowest BCUT2D eigenvalue weighted by Gasteiger charge is -2.26. The van der Waals surface area contributed by atoms with Gasteiger partial charge in [0.15, 0.2) is 5.54 Å². The summed E-state index contributed by atoms with van der Waals surface area (Å²) in [6.07, 6.45) is -4.89. The van der Waals surface area contributed by atoms with E-state index in [-0.39, 0.29) is 11.4 Å². The van der Waals surface area contributed by atoms with Gasteiger partial charge in [-0.05, 0) is 25.1 Å². The molecule has 0 aromatic heterocycles. The van der Waals surface area contributed by atoms with Crippen molar-refractivity contribution in [2.75, 3.05) is 10.6 Å². The van der Waals surface area contributed by atoms with Gasteiger partial charge in [-0.1, -0.05) is 6.07 Å². The van der Waals surface area contributed by atoms with Gasteiger partial charge in [0.05, 0.1) is 0 Å². The van der Waals surface area contributed by atoms with Crippen LogP contribution in [0.2, 0.25) is 0 Å². The monoisotopic (exact) mass is 290 g/mol. The number of amides is 3. The summed E-state index contributed by atoms with van der Waals surface area (Å²) in [5.41, 5.74) is 7.11. The first-order valence-electron chi connectivity index (χ1n) is 5.37. The molecule has 0 aliphatic heterocycles. The van der Waals surface area contributed by atoms with Crippen LogP contribution >= 0.6 is 0 Å². The molecule has 1 atom stereocenters. The number of nitrogens with two attached hydrogens (primary N) is 2. The first kappa shape index (κ1) is 15.8. The van der Waals surface area contributed by atoms with E-state index < -0.39 is 23.7 Å². The molecular weight excluding hydrogens is 277 g/mol. The zero-order valence-electron chi connectivity index (χ0n) is 10.4. The third-order valence-corrected chi connectivity index (χ3v) is 2.45. The molecule has 0 saturated carbocycles. The Morgan fingerprint density at radius 1 is 1.15 bits per heavy atom. The van der Waals surface area contributed by atoms with E-state index in [4.69, 9.17) is 11.5 Å². The number of urea groups is 1. The van der Waals surface area contributed by atoms with Gasteiger partial charge < -0.3 is 22.1 Å². The number of alkyl halides is 3. The zero-order chi connectivity index (χ0) is 15.6. The highest BCUT2D eigenvalue weighted by Crippen LogP contribution is 2.29. The quantitative estimate of drug-likeness (QED) is 0.675. The SMILES string of the molecule is CC(N)(C(=O)Nc1cccc(NC(N)=O)c1)C(F)(F)F. The second-order valence-electron chi connectivity index (χ2n) is 4.22. The summed E-state index contributed by atoms with van der Waals surface area (Å²) in [7, 11) is 0. The average Bonchev–Trinajstić information content (AvgIpc) is 2.26. The van der Waals surface area contributed by atoms with Gasteiger partial charge in [-0.3, -0.25) is 4.79 Å². The Labute approximate surface area is 112 Å². The highest BCUT2D eigenvalue weighted by Gasteiger charge is 2.53. The van der Waals surface area contributed by atoms with Crippen molar-refractivity contribution in [3.8, 4) is 0 Å². The van der Waals surface area contributed by atoms with Gasteiger partial charge in [-0.2, -0.15) is 13.2 Å². The highest BCUT2D eigenvalue weighted by atomic mass is 19.4. The number of carbonyl (C=O) groups excluding carboxylic acids is 2. The van der Waals surface area contributed by atoms with Crippen LogP contribution in [0, 0.1) is 0 Å². The third-order valence-electron chi connectivity index (χ3n) is 2.45. The molecule has 0 aliphatic rings. The van der Waals surface area contributed by atoms with Crippen molar-refractivity contribution in [3.63, 3.8) is 0 Å². The lowest BCUT2D eigenvalue weighted by molar-refractivity contribution is -0.184. The maximum absolute atomic E-state index is 12.6. The van der Waals surface area contributed by atoms with Gasteiger partial charge in [0, 0.05) is 11.4 Å². The smallest absolute Gasteiger partial charge is 0.351 e. The number of hydrogen-bond acceptors (Lipinski definition) is 3. The van der Waals surface area contributed by atoms with Crippen LogP contribution < -0.4 is 22.1 Å². The minimum atomic E-state index is -4.89. The van der Waals surface area contributed by atoms with E-state index >= 15 is 0 Å². The molecule has 0 heterocycles. The van der Waals surface area contributed by atoms with E-state index in [0.717, 1.165) is 0 Å². The van der Waals surface area contributed by atoms with Crippen molar-refractivity contribution in [1.82, 2.24) is 0 Å². The van der Waals surface area contributed by atoms with Crippen LogP contribution in [0.15, 0.2) is 24.3 Å². The summed E-state index contributed by atoms with van der Waals surface area (Å²) < 4.78 is 37.7. The van der Waals surface area contributed by atoms with Crippen molar-refractivity contribution >= 4 is 23.3 Å². The van der Waals surface area contributed by atoms with Crippen LogP contribution in [0.3, 0.4) is 0 Å². The van der Waals surface area contributed by atoms with E-state index in [1.54, 1.807) is 0 Å². The van der Waals surface area contributed by atoms with Crippen LogP contribution in [0.25, 0.3) is 0 Å². The first-order chi connectivity index (χ1) is 9.04. The van der Waals surface area contributed by atoms with Gasteiger partial charge in [0.25, 0.3) is 5.91 Å². The van der Waals surface area contributed by atoms with Gasteiger partial charge in [0.2, 0.25) is 0 Å². The molecule has 1 aromatic carbocycles. The van der Waals surface area contributed by atoms with E-state index in [9.17, 15) is 22.8 Å². The van der Waals surface area contributed by atoms with E-state index in [1.165, 1.54) is 24.3 Å². The molecule has 20 heavy (non-hydrogen) atoms. The predicted octanol–water partition coefficient (Wildman–Crippen LogP) is 1.40. The molecule has 1 rings (SSSR count). The number of benzene rings is 1. The molecule has 0 fully saturated rings. The Hall–Kier alpha value is -2.29. The van der Waals surface area contributed by atoms with E-state index in [0.29, 0.717) is 6.92 Å². The number of hydrogen-bond donors (Lipinski definition) is 4. The topological polar surface area (TPSA) is 110 Å². The van der Waals surface area contributed by atoms with Crippen molar-refractivity contribution in [3.05, 3.63) is 24.3 Å². The van der Waals surface area contributed by atoms with Crippen molar-refractivity contribution in [2.24, 2.45) is 11.5 Å². The molecule has 3 amide bonds. The normalized spacial score (nSPS) is 14.2. The minimum Gasteiger partial charge on any atom is -0.351 e. The largest absolute Gasteiger partial charge is 0.415 e. The van der Waals surface area contributed by atoms with Gasteiger partial charge >= 0.3 is 12.2 Å². The Balaban J connectivity index is 2.89. The first-order valence-corrected chi connectivity index (χ1v) is 5.37. The predicted molar refractivity (Wildman–Crippen MR) is 66.9 cm³/mol. The fraction of sp³-hybridized carbons (Fsp3) is 0.273. The van der Waals surface area contributed by atoms with Crippen LogP contribution in [0.4, 0.5) is 29.3 Å². The Bertz CT molecular complexity index is 529. The van der Waals surface area contributed by atoms with Gasteiger partial charge in [-0.25, -0.2) is 4.79 Å². The minimum absolute atomic E-state index is 0.0437. The average molecular weight is 290 g/mol. The number of nitrogens with one attached hydrogen (secondary N) is 2. The van der Waals surface area contributed by atoms with E-state index in [1.807, 2.05) is 5.32 Å². The summed E-state index contributed by atoms with van der Waals surface area (Å²) >= 11 is 0. The lowest BCUT2D eigenvalue weighted by Crippen LogP contribution is -2.59. The Kier molecular flexibility index (Phi) is 4.23. The maximum Gasteiger partial charge on any atom is 0.415 e. The molecule has 1 unspecified atom stereocenters. The molecule has 0 radical (unpaired) electrons. The van der Waals surface area contributed by atoms with Crippen molar-refractivity contribution < 1.29 is 22.8 Å². The fourth-order valence-electron chi connectivity index (χ4n) is 1.21. The lowest BCUT2D eigenvalue weighted by atomic mass is 10.0. The number of anilines is 2. The molecule has 110 valence electrons. The number of primary amides is 1. The molecule has 6 N–H and O–H groups in total. The number of carbonyl (C=O) groups is 2. The van der Waals surface area contributed by atoms with Crippen molar-refractivity contribution in [2.45, 2.75) is 18.6 Å². The highest BCUT2D eigenvalue weighted by molar-refractivity contribution is 5.99. The van der Waals surface area contributed by atoms with Crippen LogP contribution in [0.5, 0.6) is 0 Å². The Morgan fingerprint density at radius 3 is 2.10 bits per heavy atom. The van der Waals surface area contributed by atoms with Crippen LogP contribution in [0.1, 0.15) is 6.92 Å². The van der Waals surface area contributed by atoms with Crippen LogP contribution in [-0.2, 0) is 4.79 Å². The molecular formula is C11H13F3N4O2. The summed E-state index contributed by atoms with van der Waals surface area (Å²) in [6.45, 7) is 0.563. The summed E-state index contributed by atoms with van der Waals surface area (Å²) in [4.78, 5) is 22.2. The number of rotatable bonds is 3. The molecule has 0 spiro atoms. The molecule has 9 heteroatoms. The fourth-order valence-corrected chi connectivity index (χ4v) is 1.21. The van der Waals surface area contributed by atoms with Crippen LogP contribution in [-0.4, -0.2) is 23.7 Å². The summed E-state index contributed by atoms with van der Waals surface area (Å²) in [5.74, 6) is -1.42. The molecule has 1 aromatic rings. The number of halogens is 3. The van der Waals surface area contributed by atoms with Gasteiger partial charge in [-0.15, -0.1) is 0 Å². The second-order valence-corrected chi connectivity index (χ2v) is 4.22. The molecule has 6 nitrogen and oxygen atoms in total.